The molecule has 22 heavy (non-hydrogen) atoms. The van der Waals surface area contributed by atoms with E-state index in [2.05, 4.69) is 20.5 Å². The molecule has 1 aromatic heterocycles. The van der Waals surface area contributed by atoms with Crippen molar-refractivity contribution in [3.63, 3.8) is 0 Å². The van der Waals surface area contributed by atoms with Crippen molar-refractivity contribution in [2.45, 2.75) is 13.3 Å². The number of hydrogen-bond acceptors (Lipinski definition) is 5. The molecule has 0 atom stereocenters. The molecular formula is C14H14Cl2N4O2. The first kappa shape index (κ1) is 16.5. The van der Waals surface area contributed by atoms with Gasteiger partial charge in [-0.15, -0.1) is 0 Å². The Kier molecular flexibility index (Phi) is 5.54. The van der Waals surface area contributed by atoms with Gasteiger partial charge in [-0.1, -0.05) is 35.3 Å². The average Bonchev–Trinajstić information content (AvgIpc) is 2.47. The molecule has 0 unspecified atom stereocenters. The SMILES string of the molecule is Cc1nc(N/N=C\c2cccc(Cl)c2Cl)[nH]c(=O)c1CCO. The van der Waals surface area contributed by atoms with Crippen LogP contribution in [0.5, 0.6) is 0 Å². The van der Waals surface area contributed by atoms with Crippen LogP contribution in [0.1, 0.15) is 16.8 Å². The number of aromatic nitrogens is 2. The van der Waals surface area contributed by atoms with Crippen molar-refractivity contribution >= 4 is 35.4 Å². The summed E-state index contributed by atoms with van der Waals surface area (Å²) in [5, 5.41) is 13.7. The van der Waals surface area contributed by atoms with Gasteiger partial charge in [0.25, 0.3) is 5.56 Å². The van der Waals surface area contributed by atoms with Crippen molar-refractivity contribution in [2.75, 3.05) is 12.0 Å². The number of nitrogens with zero attached hydrogens (tertiary/aromatic N) is 2. The highest BCUT2D eigenvalue weighted by atomic mass is 35.5. The molecule has 0 spiro atoms. The van der Waals surface area contributed by atoms with E-state index in [4.69, 9.17) is 28.3 Å². The van der Waals surface area contributed by atoms with Gasteiger partial charge in [0, 0.05) is 24.2 Å². The second-order valence-electron chi connectivity index (χ2n) is 4.47. The molecule has 0 radical (unpaired) electrons. The van der Waals surface area contributed by atoms with Crippen molar-refractivity contribution in [3.8, 4) is 0 Å². The van der Waals surface area contributed by atoms with Gasteiger partial charge in [0.05, 0.1) is 22.0 Å². The summed E-state index contributed by atoms with van der Waals surface area (Å²) in [5.41, 5.74) is 3.95. The lowest BCUT2D eigenvalue weighted by Crippen LogP contribution is -2.19. The number of aliphatic hydroxyl groups is 1. The zero-order chi connectivity index (χ0) is 16.1. The molecule has 3 N–H and O–H groups in total. The molecule has 2 rings (SSSR count). The fourth-order valence-electron chi connectivity index (χ4n) is 1.85. The Bertz CT molecular complexity index is 759. The largest absolute Gasteiger partial charge is 0.396 e. The fourth-order valence-corrected chi connectivity index (χ4v) is 2.21. The maximum absolute atomic E-state index is 11.8. The number of halogens is 2. The summed E-state index contributed by atoms with van der Waals surface area (Å²) in [7, 11) is 0. The van der Waals surface area contributed by atoms with Crippen LogP contribution in [0, 0.1) is 6.92 Å². The highest BCUT2D eigenvalue weighted by Gasteiger charge is 2.07. The van der Waals surface area contributed by atoms with Crippen molar-refractivity contribution < 1.29 is 5.11 Å². The maximum Gasteiger partial charge on any atom is 0.255 e. The van der Waals surface area contributed by atoms with Gasteiger partial charge < -0.3 is 5.11 Å². The fraction of sp³-hybridized carbons (Fsp3) is 0.214. The number of anilines is 1. The molecular weight excluding hydrogens is 327 g/mol. The summed E-state index contributed by atoms with van der Waals surface area (Å²) in [6.07, 6.45) is 1.74. The molecule has 6 nitrogen and oxygen atoms in total. The number of aliphatic hydroxyl groups excluding tert-OH is 1. The second kappa shape index (κ2) is 7.40. The number of nitrogens with one attached hydrogen (secondary N) is 2. The van der Waals surface area contributed by atoms with E-state index in [-0.39, 0.29) is 24.5 Å². The van der Waals surface area contributed by atoms with E-state index in [0.29, 0.717) is 26.9 Å². The van der Waals surface area contributed by atoms with Gasteiger partial charge in [0.1, 0.15) is 0 Å². The maximum atomic E-state index is 11.8. The minimum atomic E-state index is -0.306. The summed E-state index contributed by atoms with van der Waals surface area (Å²) in [5.74, 6) is 0.207. The van der Waals surface area contributed by atoms with Gasteiger partial charge >= 0.3 is 0 Å². The molecule has 1 aromatic carbocycles. The first-order valence-electron chi connectivity index (χ1n) is 6.46. The molecule has 0 aliphatic carbocycles. The van der Waals surface area contributed by atoms with Gasteiger partial charge in [-0.05, 0) is 13.0 Å². The standard InChI is InChI=1S/C14H14Cl2N4O2/c1-8-10(5-6-21)13(22)19-14(18-8)20-17-7-9-3-2-4-11(15)12(9)16/h2-4,7,21H,5-6H2,1H3,(H2,18,19,20,22)/b17-7-. The molecule has 0 aliphatic heterocycles. The van der Waals surface area contributed by atoms with E-state index in [1.807, 2.05) is 0 Å². The number of H-pyrrole nitrogens is 1. The van der Waals surface area contributed by atoms with Crippen LogP contribution in [0.4, 0.5) is 5.95 Å². The monoisotopic (exact) mass is 340 g/mol. The van der Waals surface area contributed by atoms with Gasteiger partial charge in [0.15, 0.2) is 0 Å². The minimum absolute atomic E-state index is 0.107. The first-order valence-corrected chi connectivity index (χ1v) is 7.22. The molecule has 0 fully saturated rings. The first-order chi connectivity index (χ1) is 10.5. The van der Waals surface area contributed by atoms with Crippen molar-refractivity contribution in [1.82, 2.24) is 9.97 Å². The zero-order valence-corrected chi connectivity index (χ0v) is 13.2. The quantitative estimate of drug-likeness (QED) is 0.575. The van der Waals surface area contributed by atoms with Crippen LogP contribution in [-0.2, 0) is 6.42 Å². The number of aromatic amines is 1. The molecule has 1 heterocycles. The Morgan fingerprint density at radius 2 is 2.23 bits per heavy atom. The third-order valence-electron chi connectivity index (χ3n) is 2.94. The second-order valence-corrected chi connectivity index (χ2v) is 5.25. The van der Waals surface area contributed by atoms with Crippen molar-refractivity contribution in [2.24, 2.45) is 5.10 Å². The van der Waals surface area contributed by atoms with Gasteiger partial charge in [-0.2, -0.15) is 5.10 Å². The van der Waals surface area contributed by atoms with Crippen LogP contribution in [0.15, 0.2) is 28.1 Å². The Labute approximate surface area is 136 Å². The summed E-state index contributed by atoms with van der Waals surface area (Å²) in [4.78, 5) is 18.6. The van der Waals surface area contributed by atoms with Crippen molar-refractivity contribution in [1.29, 1.82) is 0 Å². The Morgan fingerprint density at radius 1 is 1.45 bits per heavy atom. The smallest absolute Gasteiger partial charge is 0.255 e. The molecule has 116 valence electrons. The van der Waals surface area contributed by atoms with E-state index >= 15 is 0 Å². The Morgan fingerprint density at radius 3 is 2.91 bits per heavy atom. The summed E-state index contributed by atoms with van der Waals surface area (Å²) in [6.45, 7) is 1.59. The molecule has 8 heteroatoms. The summed E-state index contributed by atoms with van der Waals surface area (Å²) < 4.78 is 0. The summed E-state index contributed by atoms with van der Waals surface area (Å²) >= 11 is 11.9. The van der Waals surface area contributed by atoms with Crippen LogP contribution in [0.25, 0.3) is 0 Å². The number of hydrogen-bond donors (Lipinski definition) is 3. The average molecular weight is 341 g/mol. The predicted molar refractivity (Wildman–Crippen MR) is 88.1 cm³/mol. The molecule has 0 saturated carbocycles. The predicted octanol–water partition coefficient (Wildman–Crippen LogP) is 2.37. The van der Waals surface area contributed by atoms with E-state index in [1.165, 1.54) is 6.21 Å². The zero-order valence-electron chi connectivity index (χ0n) is 11.7. The lowest BCUT2D eigenvalue weighted by atomic mass is 10.2. The van der Waals surface area contributed by atoms with Crippen LogP contribution < -0.4 is 11.0 Å². The lowest BCUT2D eigenvalue weighted by Gasteiger charge is -2.05. The normalized spacial score (nSPS) is 11.1. The molecule has 0 saturated heterocycles. The molecule has 0 amide bonds. The van der Waals surface area contributed by atoms with Crippen molar-refractivity contribution in [3.05, 3.63) is 55.4 Å². The van der Waals surface area contributed by atoms with E-state index < -0.39 is 0 Å². The molecule has 0 aliphatic rings. The third-order valence-corrected chi connectivity index (χ3v) is 3.77. The Balaban J connectivity index is 2.16. The van der Waals surface area contributed by atoms with Gasteiger partial charge in [-0.3, -0.25) is 9.78 Å². The minimum Gasteiger partial charge on any atom is -0.396 e. The number of benzene rings is 1. The van der Waals surface area contributed by atoms with Gasteiger partial charge in [-0.25, -0.2) is 10.4 Å². The highest BCUT2D eigenvalue weighted by molar-refractivity contribution is 6.43. The van der Waals surface area contributed by atoms with E-state index in [1.54, 1.807) is 25.1 Å². The molecule has 0 bridgehead atoms. The lowest BCUT2D eigenvalue weighted by molar-refractivity contribution is 0.298. The van der Waals surface area contributed by atoms with Crippen LogP contribution in [0.2, 0.25) is 10.0 Å². The summed E-state index contributed by atoms with van der Waals surface area (Å²) in [6, 6.07) is 5.19. The number of hydrazone groups is 1. The van der Waals surface area contributed by atoms with E-state index in [0.717, 1.165) is 0 Å². The van der Waals surface area contributed by atoms with E-state index in [9.17, 15) is 4.79 Å². The Hall–Kier alpha value is -1.89. The number of rotatable bonds is 5. The topological polar surface area (TPSA) is 90.4 Å². The van der Waals surface area contributed by atoms with Crippen LogP contribution in [-0.4, -0.2) is 27.9 Å². The third kappa shape index (κ3) is 3.85. The number of aryl methyl sites for hydroxylation is 1. The van der Waals surface area contributed by atoms with Crippen LogP contribution >= 0.6 is 23.2 Å². The van der Waals surface area contributed by atoms with Gasteiger partial charge in [0.2, 0.25) is 5.95 Å². The molecule has 2 aromatic rings. The van der Waals surface area contributed by atoms with Crippen LogP contribution in [0.3, 0.4) is 0 Å². The highest BCUT2D eigenvalue weighted by Crippen LogP contribution is 2.24.